The lowest BCUT2D eigenvalue weighted by atomic mass is 10.0. The van der Waals surface area contributed by atoms with E-state index in [0.29, 0.717) is 23.9 Å². The fraction of sp³-hybridized carbons (Fsp3) is 0.732. The number of rotatable bonds is 34. The van der Waals surface area contributed by atoms with Gasteiger partial charge in [0.05, 0.1) is 39.9 Å². The van der Waals surface area contributed by atoms with Crippen LogP contribution < -0.4 is 10.2 Å². The van der Waals surface area contributed by atoms with Gasteiger partial charge in [-0.2, -0.15) is 0 Å². The number of unbranched alkanes of at least 4 members (excludes halogenated alkanes) is 12. The van der Waals surface area contributed by atoms with E-state index in [1.165, 1.54) is 64.2 Å². The zero-order chi connectivity index (χ0) is 37.2. The third-order valence-electron chi connectivity index (χ3n) is 8.30. The van der Waals surface area contributed by atoms with Gasteiger partial charge in [0.15, 0.2) is 0 Å². The Morgan fingerprint density at radius 1 is 0.700 bits per heavy atom. The molecule has 2 N–H and O–H groups in total. The summed E-state index contributed by atoms with van der Waals surface area (Å²) in [6, 6.07) is -0.855. The van der Waals surface area contributed by atoms with Crippen LogP contribution in [0.5, 0.6) is 0 Å². The molecule has 0 aliphatic heterocycles. The molecule has 0 fully saturated rings. The summed E-state index contributed by atoms with van der Waals surface area (Å²) in [7, 11) is 1.24. The monoisotopic (exact) mass is 723 g/mol. The number of hydrogen-bond acceptors (Lipinski definition) is 6. The van der Waals surface area contributed by atoms with E-state index < -0.39 is 20.0 Å². The molecule has 0 aliphatic carbocycles. The Labute approximate surface area is 307 Å². The van der Waals surface area contributed by atoms with Gasteiger partial charge in [0.2, 0.25) is 5.91 Å². The van der Waals surface area contributed by atoms with Crippen molar-refractivity contribution in [2.75, 3.05) is 40.9 Å². The van der Waals surface area contributed by atoms with Crippen LogP contribution in [0, 0.1) is 0 Å². The van der Waals surface area contributed by atoms with E-state index in [0.717, 1.165) is 44.9 Å². The molecule has 8 nitrogen and oxygen atoms in total. The smallest absolute Gasteiger partial charge is 0.268 e. The number of carbonyl (C=O) groups is 1. The number of aliphatic hydroxyl groups excluding tert-OH is 1. The molecule has 0 aromatic carbocycles. The van der Waals surface area contributed by atoms with E-state index in [-0.39, 0.29) is 25.5 Å². The number of carbonyl (C=O) groups excluding carboxylic acids is 1. The first-order valence-corrected chi connectivity index (χ1v) is 21.1. The van der Waals surface area contributed by atoms with Crippen molar-refractivity contribution in [1.29, 1.82) is 0 Å². The standard InChI is InChI=1S/C41H75N2O6P/c1-6-8-10-12-14-16-18-20-21-23-25-27-29-31-33-35-41(45)42-39(38-49-50(46,47)48-37-36-43(3,4)5)40(44)34-32-30-28-26-24-22-19-17-15-13-11-9-7-2/h8,10,14,16,20-21,25,27,31,33,39-40,44H,6-7,9,11-13,15,17-19,22-24,26,28-30,32,34-38H2,1-5H3,(H-,42,45,46,47)/b10-8-,16-14-,21-20-,27-25-,33-31-. The normalized spacial score (nSPS) is 15.3. The highest BCUT2D eigenvalue weighted by Gasteiger charge is 2.24. The summed E-state index contributed by atoms with van der Waals surface area (Å²) in [5.41, 5.74) is 0. The molecule has 3 unspecified atom stereocenters. The first kappa shape index (κ1) is 48.2. The van der Waals surface area contributed by atoms with Gasteiger partial charge in [0.1, 0.15) is 13.2 Å². The van der Waals surface area contributed by atoms with Gasteiger partial charge in [0, 0.05) is 6.42 Å². The minimum Gasteiger partial charge on any atom is -0.756 e. The molecule has 0 radical (unpaired) electrons. The number of nitrogens with one attached hydrogen (secondary N) is 1. The Morgan fingerprint density at radius 3 is 1.60 bits per heavy atom. The van der Waals surface area contributed by atoms with Gasteiger partial charge in [-0.15, -0.1) is 0 Å². The van der Waals surface area contributed by atoms with Gasteiger partial charge < -0.3 is 28.8 Å². The molecule has 9 heteroatoms. The maximum absolute atomic E-state index is 12.7. The SMILES string of the molecule is CC/C=C\C/C=C\C/C=C\C/C=C\C/C=C\CC(=O)NC(COP(=O)([O-])OCC[N+](C)(C)C)C(O)CCCCCCCCCCCCCCC. The molecule has 0 aromatic heterocycles. The average Bonchev–Trinajstić information content (AvgIpc) is 3.06. The van der Waals surface area contributed by atoms with Gasteiger partial charge in [-0.1, -0.05) is 158 Å². The highest BCUT2D eigenvalue weighted by molar-refractivity contribution is 7.45. The number of phosphoric ester groups is 1. The number of allylic oxidation sites excluding steroid dienone is 9. The highest BCUT2D eigenvalue weighted by Crippen LogP contribution is 2.38. The second-order valence-corrected chi connectivity index (χ2v) is 15.7. The lowest BCUT2D eigenvalue weighted by Gasteiger charge is -2.30. The number of likely N-dealkylation sites (N-methyl/N-ethyl adjacent to an activating group) is 1. The van der Waals surface area contributed by atoms with Crippen molar-refractivity contribution in [3.8, 4) is 0 Å². The third kappa shape index (κ3) is 34.6. The van der Waals surface area contributed by atoms with Crippen LogP contribution in [0.15, 0.2) is 60.8 Å². The van der Waals surface area contributed by atoms with Crippen LogP contribution in [0.4, 0.5) is 0 Å². The van der Waals surface area contributed by atoms with Crippen LogP contribution in [0.2, 0.25) is 0 Å². The number of amides is 1. The van der Waals surface area contributed by atoms with Crippen molar-refractivity contribution in [3.05, 3.63) is 60.8 Å². The Morgan fingerprint density at radius 2 is 1.14 bits per heavy atom. The summed E-state index contributed by atoms with van der Waals surface area (Å²) < 4.78 is 23.1. The molecule has 0 aromatic rings. The quantitative estimate of drug-likeness (QED) is 0.0297. The second kappa shape index (κ2) is 33.1. The van der Waals surface area contributed by atoms with Gasteiger partial charge >= 0.3 is 0 Å². The molecule has 0 aliphatic rings. The number of aliphatic hydroxyl groups is 1. The van der Waals surface area contributed by atoms with Crippen molar-refractivity contribution < 1.29 is 32.9 Å². The molecular formula is C41H75N2O6P. The maximum atomic E-state index is 12.7. The van der Waals surface area contributed by atoms with Gasteiger partial charge in [0.25, 0.3) is 7.82 Å². The number of phosphoric acid groups is 1. The molecule has 290 valence electrons. The number of quaternary nitrogens is 1. The minimum atomic E-state index is -4.58. The lowest BCUT2D eigenvalue weighted by molar-refractivity contribution is -0.870. The van der Waals surface area contributed by atoms with Crippen molar-refractivity contribution in [2.24, 2.45) is 0 Å². The Bertz CT molecular complexity index is 1000. The first-order chi connectivity index (χ1) is 24.0. The van der Waals surface area contributed by atoms with E-state index in [9.17, 15) is 19.4 Å². The third-order valence-corrected chi connectivity index (χ3v) is 9.26. The second-order valence-electron chi connectivity index (χ2n) is 14.3. The molecule has 0 rings (SSSR count). The minimum absolute atomic E-state index is 0.00706. The Kier molecular flexibility index (Phi) is 31.9. The fourth-order valence-corrected chi connectivity index (χ4v) is 5.89. The van der Waals surface area contributed by atoms with Crippen molar-refractivity contribution >= 4 is 13.7 Å². The average molecular weight is 723 g/mol. The Balaban J connectivity index is 4.63. The summed E-state index contributed by atoms with van der Waals surface area (Å²) in [5.74, 6) is -0.295. The summed E-state index contributed by atoms with van der Waals surface area (Å²) in [6.45, 7) is 4.49. The molecule has 1 amide bonds. The van der Waals surface area contributed by atoms with E-state index in [4.69, 9.17) is 9.05 Å². The molecule has 0 spiro atoms. The van der Waals surface area contributed by atoms with Crippen LogP contribution in [-0.4, -0.2) is 68.5 Å². The molecule has 0 saturated heterocycles. The molecule has 0 heterocycles. The summed E-state index contributed by atoms with van der Waals surface area (Å²) in [5, 5.41) is 13.7. The van der Waals surface area contributed by atoms with Crippen molar-refractivity contribution in [2.45, 2.75) is 154 Å². The molecule has 0 saturated carbocycles. The van der Waals surface area contributed by atoms with E-state index in [1.54, 1.807) is 6.08 Å². The summed E-state index contributed by atoms with van der Waals surface area (Å²) in [4.78, 5) is 25.1. The zero-order valence-electron chi connectivity index (χ0n) is 32.6. The zero-order valence-corrected chi connectivity index (χ0v) is 33.5. The van der Waals surface area contributed by atoms with Crippen molar-refractivity contribution in [1.82, 2.24) is 5.32 Å². The topological polar surface area (TPSA) is 108 Å². The Hall–Kier alpha value is -1.80. The predicted molar refractivity (Wildman–Crippen MR) is 210 cm³/mol. The molecular weight excluding hydrogens is 647 g/mol. The first-order valence-electron chi connectivity index (χ1n) is 19.6. The molecule has 50 heavy (non-hydrogen) atoms. The largest absolute Gasteiger partial charge is 0.756 e. The van der Waals surface area contributed by atoms with E-state index in [2.05, 4.69) is 67.8 Å². The van der Waals surface area contributed by atoms with Crippen molar-refractivity contribution in [3.63, 3.8) is 0 Å². The van der Waals surface area contributed by atoms with Crippen LogP contribution >= 0.6 is 7.82 Å². The summed E-state index contributed by atoms with van der Waals surface area (Å²) in [6.07, 6.45) is 41.1. The van der Waals surface area contributed by atoms with Crippen LogP contribution in [0.3, 0.4) is 0 Å². The molecule has 0 bridgehead atoms. The lowest BCUT2D eigenvalue weighted by Crippen LogP contribution is -2.46. The predicted octanol–water partition coefficient (Wildman–Crippen LogP) is 9.66. The van der Waals surface area contributed by atoms with Gasteiger partial charge in [-0.25, -0.2) is 0 Å². The van der Waals surface area contributed by atoms with Crippen LogP contribution in [0.1, 0.15) is 142 Å². The van der Waals surface area contributed by atoms with E-state index in [1.807, 2.05) is 27.2 Å². The maximum Gasteiger partial charge on any atom is 0.268 e. The van der Waals surface area contributed by atoms with Crippen LogP contribution in [-0.2, 0) is 18.4 Å². The van der Waals surface area contributed by atoms with Gasteiger partial charge in [-0.05, 0) is 38.5 Å². The van der Waals surface area contributed by atoms with Gasteiger partial charge in [-0.3, -0.25) is 9.36 Å². The number of hydrogen-bond donors (Lipinski definition) is 2. The molecule has 3 atom stereocenters. The highest BCUT2D eigenvalue weighted by atomic mass is 31.2. The van der Waals surface area contributed by atoms with E-state index >= 15 is 0 Å². The van der Waals surface area contributed by atoms with Crippen LogP contribution in [0.25, 0.3) is 0 Å². The summed E-state index contributed by atoms with van der Waals surface area (Å²) >= 11 is 0. The number of nitrogens with zero attached hydrogens (tertiary/aromatic N) is 1. The fourth-order valence-electron chi connectivity index (χ4n) is 5.16.